The maximum atomic E-state index is 13.0. The van der Waals surface area contributed by atoms with Crippen LogP contribution in [0.3, 0.4) is 0 Å². The molecule has 3 rings (SSSR count). The summed E-state index contributed by atoms with van der Waals surface area (Å²) >= 11 is 0. The predicted molar refractivity (Wildman–Crippen MR) is 138 cm³/mol. The first kappa shape index (κ1) is 25.7. The SMILES string of the molecule is CCN(CC)CCN(C)Cc1cccc(C(=O)Nc2ccc(N3CCCCC3)cc2C(=O)O)c1. The minimum Gasteiger partial charge on any atom is -0.478 e. The van der Waals surface area contributed by atoms with Gasteiger partial charge in [0.2, 0.25) is 0 Å². The van der Waals surface area contributed by atoms with E-state index in [4.69, 9.17) is 0 Å². The number of carbonyl (C=O) groups excluding carboxylic acids is 1. The molecule has 2 aromatic carbocycles. The summed E-state index contributed by atoms with van der Waals surface area (Å²) in [4.78, 5) is 31.7. The number of piperidine rings is 1. The van der Waals surface area contributed by atoms with Crippen molar-refractivity contribution in [3.05, 3.63) is 59.2 Å². The zero-order chi connectivity index (χ0) is 24.5. The van der Waals surface area contributed by atoms with Crippen LogP contribution in [0.4, 0.5) is 11.4 Å². The van der Waals surface area contributed by atoms with Crippen LogP contribution in [0.15, 0.2) is 42.5 Å². The lowest BCUT2D eigenvalue weighted by Gasteiger charge is -2.29. The molecule has 1 amide bonds. The van der Waals surface area contributed by atoms with Gasteiger partial charge in [-0.2, -0.15) is 0 Å². The molecule has 34 heavy (non-hydrogen) atoms. The zero-order valence-corrected chi connectivity index (χ0v) is 20.7. The Balaban J connectivity index is 1.67. The highest BCUT2D eigenvalue weighted by Crippen LogP contribution is 2.26. The van der Waals surface area contributed by atoms with Crippen molar-refractivity contribution in [3.63, 3.8) is 0 Å². The lowest BCUT2D eigenvalue weighted by Crippen LogP contribution is -2.32. The van der Waals surface area contributed by atoms with Crippen LogP contribution in [-0.4, -0.2) is 73.1 Å². The molecule has 0 saturated carbocycles. The van der Waals surface area contributed by atoms with Crippen LogP contribution < -0.4 is 10.2 Å². The Morgan fingerprint density at radius 3 is 2.41 bits per heavy atom. The highest BCUT2D eigenvalue weighted by atomic mass is 16.4. The van der Waals surface area contributed by atoms with Gasteiger partial charge in [-0.3, -0.25) is 4.79 Å². The molecule has 0 radical (unpaired) electrons. The summed E-state index contributed by atoms with van der Waals surface area (Å²) < 4.78 is 0. The normalized spacial score (nSPS) is 14.0. The zero-order valence-electron chi connectivity index (χ0n) is 20.7. The summed E-state index contributed by atoms with van der Waals surface area (Å²) in [5.74, 6) is -1.35. The fraction of sp³-hybridized carbons (Fsp3) is 0.481. The smallest absolute Gasteiger partial charge is 0.337 e. The van der Waals surface area contributed by atoms with Crippen molar-refractivity contribution in [1.82, 2.24) is 9.80 Å². The van der Waals surface area contributed by atoms with Gasteiger partial charge in [0.1, 0.15) is 0 Å². The Kier molecular flexibility index (Phi) is 9.48. The van der Waals surface area contributed by atoms with Crippen molar-refractivity contribution in [2.45, 2.75) is 39.7 Å². The van der Waals surface area contributed by atoms with Gasteiger partial charge >= 0.3 is 5.97 Å². The van der Waals surface area contributed by atoms with E-state index in [1.165, 1.54) is 6.42 Å². The van der Waals surface area contributed by atoms with Gasteiger partial charge in [0, 0.05) is 44.0 Å². The molecule has 1 aliphatic heterocycles. The lowest BCUT2D eigenvalue weighted by molar-refractivity contribution is 0.0698. The number of rotatable bonds is 11. The average Bonchev–Trinajstić information content (AvgIpc) is 2.85. The van der Waals surface area contributed by atoms with E-state index in [1.54, 1.807) is 18.2 Å². The second-order valence-electron chi connectivity index (χ2n) is 9.00. The molecule has 1 heterocycles. The molecule has 2 aromatic rings. The van der Waals surface area contributed by atoms with E-state index in [0.717, 1.165) is 69.9 Å². The third-order valence-electron chi connectivity index (χ3n) is 6.54. The van der Waals surface area contributed by atoms with E-state index in [1.807, 2.05) is 24.3 Å². The number of carboxylic acids is 1. The van der Waals surface area contributed by atoms with Crippen LogP contribution in [-0.2, 0) is 6.54 Å². The topological polar surface area (TPSA) is 76.1 Å². The number of likely N-dealkylation sites (N-methyl/N-ethyl adjacent to an activating group) is 2. The quantitative estimate of drug-likeness (QED) is 0.511. The van der Waals surface area contributed by atoms with Crippen LogP contribution in [0, 0.1) is 0 Å². The molecule has 0 aromatic heterocycles. The standard InChI is InChI=1S/C27H38N4O3/c1-4-30(5-2)17-16-29(3)20-21-10-9-11-22(18-21)26(32)28-25-13-12-23(19-24(25)27(33)34)31-14-7-6-8-15-31/h9-13,18-19H,4-8,14-17,20H2,1-3H3,(H,28,32)(H,33,34). The molecule has 0 spiro atoms. The molecule has 0 atom stereocenters. The molecule has 2 N–H and O–H groups in total. The first-order chi connectivity index (χ1) is 16.4. The summed E-state index contributed by atoms with van der Waals surface area (Å²) in [6.45, 7) is 11.0. The number of anilines is 2. The van der Waals surface area contributed by atoms with Crippen LogP contribution >= 0.6 is 0 Å². The van der Waals surface area contributed by atoms with Gasteiger partial charge in [0.25, 0.3) is 5.91 Å². The van der Waals surface area contributed by atoms with Gasteiger partial charge in [-0.25, -0.2) is 4.79 Å². The number of carboxylic acid groups (broad SMARTS) is 1. The third-order valence-corrected chi connectivity index (χ3v) is 6.54. The van der Waals surface area contributed by atoms with Crippen LogP contribution in [0.2, 0.25) is 0 Å². The molecule has 7 heteroatoms. The largest absolute Gasteiger partial charge is 0.478 e. The molecular weight excluding hydrogens is 428 g/mol. The number of amides is 1. The number of hydrogen-bond donors (Lipinski definition) is 2. The number of benzene rings is 2. The summed E-state index contributed by atoms with van der Waals surface area (Å²) in [5.41, 5.74) is 2.90. The number of hydrogen-bond acceptors (Lipinski definition) is 5. The van der Waals surface area contributed by atoms with Gasteiger partial charge in [-0.15, -0.1) is 0 Å². The molecule has 7 nitrogen and oxygen atoms in total. The van der Waals surface area contributed by atoms with Crippen molar-refractivity contribution >= 4 is 23.3 Å². The Morgan fingerprint density at radius 2 is 1.74 bits per heavy atom. The summed E-state index contributed by atoms with van der Waals surface area (Å²) in [6.07, 6.45) is 3.44. The van der Waals surface area contributed by atoms with Gasteiger partial charge in [-0.05, 0) is 75.3 Å². The van der Waals surface area contributed by atoms with Crippen molar-refractivity contribution < 1.29 is 14.7 Å². The summed E-state index contributed by atoms with van der Waals surface area (Å²) in [7, 11) is 2.08. The van der Waals surface area contributed by atoms with E-state index in [0.29, 0.717) is 11.3 Å². The molecule has 0 unspecified atom stereocenters. The van der Waals surface area contributed by atoms with Gasteiger partial charge < -0.3 is 25.1 Å². The number of nitrogens with one attached hydrogen (secondary N) is 1. The molecule has 1 aliphatic rings. The maximum Gasteiger partial charge on any atom is 0.337 e. The highest BCUT2D eigenvalue weighted by Gasteiger charge is 2.18. The molecule has 1 saturated heterocycles. The lowest BCUT2D eigenvalue weighted by atomic mass is 10.1. The van der Waals surface area contributed by atoms with E-state index in [2.05, 4.69) is 40.9 Å². The first-order valence-corrected chi connectivity index (χ1v) is 12.3. The van der Waals surface area contributed by atoms with Crippen molar-refractivity contribution in [3.8, 4) is 0 Å². The minimum atomic E-state index is -1.04. The monoisotopic (exact) mass is 466 g/mol. The van der Waals surface area contributed by atoms with E-state index in [-0.39, 0.29) is 11.5 Å². The summed E-state index contributed by atoms with van der Waals surface area (Å²) in [6, 6.07) is 12.8. The van der Waals surface area contributed by atoms with Crippen molar-refractivity contribution in [2.24, 2.45) is 0 Å². The fourth-order valence-electron chi connectivity index (χ4n) is 4.42. The Bertz CT molecular complexity index is 968. The Hall–Kier alpha value is -2.90. The van der Waals surface area contributed by atoms with Gasteiger partial charge in [0.05, 0.1) is 11.3 Å². The van der Waals surface area contributed by atoms with Crippen LogP contribution in [0.5, 0.6) is 0 Å². The predicted octanol–water partition coefficient (Wildman–Crippen LogP) is 4.40. The Morgan fingerprint density at radius 1 is 1.00 bits per heavy atom. The van der Waals surface area contributed by atoms with Crippen LogP contribution in [0.1, 0.15) is 59.4 Å². The van der Waals surface area contributed by atoms with Crippen molar-refractivity contribution in [1.29, 1.82) is 0 Å². The first-order valence-electron chi connectivity index (χ1n) is 12.3. The molecule has 0 aliphatic carbocycles. The number of carbonyl (C=O) groups is 2. The average molecular weight is 467 g/mol. The summed E-state index contributed by atoms with van der Waals surface area (Å²) in [5, 5.41) is 12.6. The third kappa shape index (κ3) is 7.05. The van der Waals surface area contributed by atoms with Crippen LogP contribution in [0.25, 0.3) is 0 Å². The number of aromatic carboxylic acids is 1. The number of nitrogens with zero attached hydrogens (tertiary/aromatic N) is 3. The van der Waals surface area contributed by atoms with E-state index >= 15 is 0 Å². The van der Waals surface area contributed by atoms with Gasteiger partial charge in [-0.1, -0.05) is 26.0 Å². The second-order valence-corrected chi connectivity index (χ2v) is 9.00. The van der Waals surface area contributed by atoms with Crippen molar-refractivity contribution in [2.75, 3.05) is 56.5 Å². The maximum absolute atomic E-state index is 13.0. The van der Waals surface area contributed by atoms with E-state index in [9.17, 15) is 14.7 Å². The highest BCUT2D eigenvalue weighted by molar-refractivity contribution is 6.08. The van der Waals surface area contributed by atoms with E-state index < -0.39 is 5.97 Å². The van der Waals surface area contributed by atoms with Gasteiger partial charge in [0.15, 0.2) is 0 Å². The fourth-order valence-corrected chi connectivity index (χ4v) is 4.42. The Labute approximate surface area is 203 Å². The molecule has 0 bridgehead atoms. The second kappa shape index (κ2) is 12.5. The molecule has 1 fully saturated rings. The minimum absolute atomic E-state index is 0.115. The molecule has 184 valence electrons. The molecular formula is C27H38N4O3.